The lowest BCUT2D eigenvalue weighted by molar-refractivity contribution is -0.384. The van der Waals surface area contributed by atoms with Gasteiger partial charge < -0.3 is 5.32 Å². The van der Waals surface area contributed by atoms with Crippen molar-refractivity contribution < 1.29 is 18.1 Å². The monoisotopic (exact) mass is 300 g/mol. The van der Waals surface area contributed by atoms with Crippen molar-refractivity contribution in [2.45, 2.75) is 25.1 Å². The molecule has 0 radical (unpaired) electrons. The van der Waals surface area contributed by atoms with Crippen LogP contribution in [-0.2, 0) is 9.84 Å². The number of sulfone groups is 1. The number of nitro groups is 1. The van der Waals surface area contributed by atoms with Gasteiger partial charge in [-0.1, -0.05) is 6.07 Å². The zero-order valence-corrected chi connectivity index (χ0v) is 12.2. The van der Waals surface area contributed by atoms with Crippen LogP contribution in [0, 0.1) is 10.1 Å². The summed E-state index contributed by atoms with van der Waals surface area (Å²) in [7, 11) is -3.27. The Morgan fingerprint density at radius 3 is 2.45 bits per heavy atom. The van der Waals surface area contributed by atoms with E-state index < -0.39 is 32.0 Å². The lowest BCUT2D eigenvalue weighted by Crippen LogP contribution is -2.43. The standard InChI is InChI=1S/C12H16N2O5S/c1-8(9(2)20(3,18)19)13-12(15)10-5-4-6-11(7-10)14(16)17/h4-9H,1-3H3,(H,13,15)/t8-,9?/m1/s1. The number of hydrogen-bond acceptors (Lipinski definition) is 5. The maximum atomic E-state index is 11.9. The Kier molecular flexibility index (Phi) is 4.83. The van der Waals surface area contributed by atoms with Gasteiger partial charge in [0, 0.05) is 30.0 Å². The van der Waals surface area contributed by atoms with Gasteiger partial charge in [-0.2, -0.15) is 0 Å². The first-order chi connectivity index (χ1) is 9.12. The Morgan fingerprint density at radius 1 is 1.35 bits per heavy atom. The zero-order valence-electron chi connectivity index (χ0n) is 11.4. The van der Waals surface area contributed by atoms with E-state index in [1.807, 2.05) is 0 Å². The Morgan fingerprint density at radius 2 is 1.95 bits per heavy atom. The van der Waals surface area contributed by atoms with Gasteiger partial charge in [-0.15, -0.1) is 0 Å². The molecule has 1 unspecified atom stereocenters. The summed E-state index contributed by atoms with van der Waals surface area (Å²) in [5, 5.41) is 12.4. The van der Waals surface area contributed by atoms with E-state index in [1.54, 1.807) is 6.92 Å². The molecule has 0 heterocycles. The summed E-state index contributed by atoms with van der Waals surface area (Å²) >= 11 is 0. The molecule has 0 fully saturated rings. The molecule has 0 aliphatic rings. The van der Waals surface area contributed by atoms with E-state index in [2.05, 4.69) is 5.32 Å². The lowest BCUT2D eigenvalue weighted by atomic mass is 10.1. The number of carbonyl (C=O) groups excluding carboxylic acids is 1. The van der Waals surface area contributed by atoms with E-state index in [0.717, 1.165) is 12.3 Å². The highest BCUT2D eigenvalue weighted by molar-refractivity contribution is 7.91. The van der Waals surface area contributed by atoms with Crippen LogP contribution in [0.25, 0.3) is 0 Å². The molecule has 0 saturated heterocycles. The van der Waals surface area contributed by atoms with E-state index in [4.69, 9.17) is 0 Å². The molecule has 1 N–H and O–H groups in total. The number of nitrogens with zero attached hydrogens (tertiary/aromatic N) is 1. The van der Waals surface area contributed by atoms with Crippen LogP contribution < -0.4 is 5.32 Å². The number of rotatable bonds is 5. The van der Waals surface area contributed by atoms with Crippen LogP contribution in [0.1, 0.15) is 24.2 Å². The van der Waals surface area contributed by atoms with Crippen LogP contribution in [0.2, 0.25) is 0 Å². The first-order valence-electron chi connectivity index (χ1n) is 5.87. The summed E-state index contributed by atoms with van der Waals surface area (Å²) in [5.41, 5.74) is -0.0757. The average molecular weight is 300 g/mol. The van der Waals surface area contributed by atoms with Crippen LogP contribution in [0.3, 0.4) is 0 Å². The third kappa shape index (κ3) is 4.02. The van der Waals surface area contributed by atoms with Crippen molar-refractivity contribution >= 4 is 21.4 Å². The first-order valence-corrected chi connectivity index (χ1v) is 7.82. The summed E-state index contributed by atoms with van der Waals surface area (Å²) in [6, 6.07) is 4.65. The Bertz CT molecular complexity index is 626. The van der Waals surface area contributed by atoms with Gasteiger partial charge in [0.2, 0.25) is 0 Å². The molecule has 8 heteroatoms. The van der Waals surface area contributed by atoms with Gasteiger partial charge in [-0.3, -0.25) is 14.9 Å². The van der Waals surface area contributed by atoms with Gasteiger partial charge in [0.15, 0.2) is 9.84 Å². The molecule has 0 aliphatic heterocycles. The quantitative estimate of drug-likeness (QED) is 0.648. The van der Waals surface area contributed by atoms with Crippen molar-refractivity contribution in [3.8, 4) is 0 Å². The summed E-state index contributed by atoms with van der Waals surface area (Å²) in [6.07, 6.45) is 1.09. The fourth-order valence-electron chi connectivity index (χ4n) is 1.54. The highest BCUT2D eigenvalue weighted by atomic mass is 32.2. The van der Waals surface area contributed by atoms with Crippen LogP contribution in [0.5, 0.6) is 0 Å². The molecule has 1 amide bonds. The molecule has 2 atom stereocenters. The van der Waals surface area contributed by atoms with E-state index >= 15 is 0 Å². The number of amides is 1. The molecule has 7 nitrogen and oxygen atoms in total. The van der Waals surface area contributed by atoms with Crippen molar-refractivity contribution in [1.82, 2.24) is 5.32 Å². The molecule has 110 valence electrons. The maximum Gasteiger partial charge on any atom is 0.270 e. The van der Waals surface area contributed by atoms with Gasteiger partial charge in [-0.25, -0.2) is 8.42 Å². The van der Waals surface area contributed by atoms with Crippen LogP contribution >= 0.6 is 0 Å². The van der Waals surface area contributed by atoms with Crippen LogP contribution in [0.4, 0.5) is 5.69 Å². The highest BCUT2D eigenvalue weighted by Crippen LogP contribution is 2.13. The Hall–Kier alpha value is -1.96. The number of nitro benzene ring substituents is 1. The van der Waals surface area contributed by atoms with Crippen molar-refractivity contribution in [3.05, 3.63) is 39.9 Å². The minimum Gasteiger partial charge on any atom is -0.348 e. The van der Waals surface area contributed by atoms with Gasteiger partial charge in [0.1, 0.15) is 0 Å². The Balaban J connectivity index is 2.87. The third-order valence-electron chi connectivity index (χ3n) is 3.06. The number of hydrogen-bond donors (Lipinski definition) is 1. The number of benzene rings is 1. The third-order valence-corrected chi connectivity index (χ3v) is 4.82. The smallest absolute Gasteiger partial charge is 0.270 e. The minimum absolute atomic E-state index is 0.117. The number of non-ortho nitro benzene ring substituents is 1. The van der Waals surface area contributed by atoms with Gasteiger partial charge in [0.25, 0.3) is 11.6 Å². The Labute approximate surface area is 117 Å². The largest absolute Gasteiger partial charge is 0.348 e. The predicted molar refractivity (Wildman–Crippen MR) is 74.3 cm³/mol. The second-order valence-electron chi connectivity index (χ2n) is 4.60. The zero-order chi connectivity index (χ0) is 15.5. The van der Waals surface area contributed by atoms with Crippen molar-refractivity contribution in [2.24, 2.45) is 0 Å². The summed E-state index contributed by atoms with van der Waals surface area (Å²) in [6.45, 7) is 3.06. The minimum atomic E-state index is -3.27. The maximum absolute atomic E-state index is 11.9. The first kappa shape index (κ1) is 16.1. The molecule has 1 aromatic rings. The van der Waals surface area contributed by atoms with Crippen molar-refractivity contribution in [2.75, 3.05) is 6.26 Å². The normalized spacial score (nSPS) is 14.3. The molecular formula is C12H16N2O5S. The molecule has 0 saturated carbocycles. The molecule has 0 aliphatic carbocycles. The van der Waals surface area contributed by atoms with Crippen molar-refractivity contribution in [1.29, 1.82) is 0 Å². The average Bonchev–Trinajstić information content (AvgIpc) is 2.36. The summed E-state index contributed by atoms with van der Waals surface area (Å²) in [5.74, 6) is -0.545. The van der Waals surface area contributed by atoms with Crippen LogP contribution in [0.15, 0.2) is 24.3 Å². The van der Waals surface area contributed by atoms with E-state index in [1.165, 1.54) is 25.1 Å². The molecule has 0 spiro atoms. The molecule has 1 aromatic carbocycles. The topological polar surface area (TPSA) is 106 Å². The predicted octanol–water partition coefficient (Wildman–Crippen LogP) is 1.15. The molecular weight excluding hydrogens is 284 g/mol. The molecule has 0 bridgehead atoms. The van der Waals surface area contributed by atoms with E-state index in [0.29, 0.717) is 0 Å². The second kappa shape index (κ2) is 6.00. The van der Waals surface area contributed by atoms with Gasteiger partial charge in [0.05, 0.1) is 10.2 Å². The summed E-state index contributed by atoms with van der Waals surface area (Å²) in [4.78, 5) is 22.0. The van der Waals surface area contributed by atoms with Crippen LogP contribution in [-0.4, -0.2) is 36.8 Å². The SMILES string of the molecule is CC([C@@H](C)NC(=O)c1cccc([N+](=O)[O-])c1)S(C)(=O)=O. The second-order valence-corrected chi connectivity index (χ2v) is 7.01. The fourth-order valence-corrected chi connectivity index (χ4v) is 2.35. The summed E-state index contributed by atoms with van der Waals surface area (Å²) < 4.78 is 22.8. The number of nitrogens with one attached hydrogen (secondary N) is 1. The van der Waals surface area contributed by atoms with E-state index in [-0.39, 0.29) is 11.3 Å². The van der Waals surface area contributed by atoms with Gasteiger partial charge in [-0.05, 0) is 19.9 Å². The molecule has 1 rings (SSSR count). The lowest BCUT2D eigenvalue weighted by Gasteiger charge is -2.19. The van der Waals surface area contributed by atoms with E-state index in [9.17, 15) is 23.3 Å². The molecule has 20 heavy (non-hydrogen) atoms. The fraction of sp³-hybridized carbons (Fsp3) is 0.417. The number of carbonyl (C=O) groups is 1. The highest BCUT2D eigenvalue weighted by Gasteiger charge is 2.24. The molecule has 0 aromatic heterocycles. The van der Waals surface area contributed by atoms with Crippen molar-refractivity contribution in [3.63, 3.8) is 0 Å². The van der Waals surface area contributed by atoms with Gasteiger partial charge >= 0.3 is 0 Å².